The van der Waals surface area contributed by atoms with Crippen molar-refractivity contribution in [1.82, 2.24) is 0 Å². The Morgan fingerprint density at radius 3 is 2.38 bits per heavy atom. The van der Waals surface area contributed by atoms with Crippen LogP contribution in [0.4, 0.5) is 5.69 Å². The number of rotatable bonds is 9. The van der Waals surface area contributed by atoms with Crippen LogP contribution in [-0.2, 0) is 9.63 Å². The van der Waals surface area contributed by atoms with Crippen LogP contribution < -0.4 is 19.5 Å². The molecule has 2 aromatic rings. The van der Waals surface area contributed by atoms with Gasteiger partial charge in [0.05, 0.1) is 13.7 Å². The zero-order chi connectivity index (χ0) is 18.9. The third kappa shape index (κ3) is 4.89. The first-order chi connectivity index (χ1) is 12.6. The van der Waals surface area contributed by atoms with E-state index in [0.29, 0.717) is 35.6 Å². The van der Waals surface area contributed by atoms with Crippen molar-refractivity contribution < 1.29 is 28.7 Å². The van der Waals surface area contributed by atoms with E-state index in [1.54, 1.807) is 43.3 Å². The average Bonchev–Trinajstić information content (AvgIpc) is 2.68. The Morgan fingerprint density at radius 2 is 1.81 bits per heavy atom. The van der Waals surface area contributed by atoms with Crippen LogP contribution in [0, 0.1) is 0 Å². The number of anilines is 1. The van der Waals surface area contributed by atoms with Gasteiger partial charge in [0.25, 0.3) is 0 Å². The third-order valence-corrected chi connectivity index (χ3v) is 3.34. The van der Waals surface area contributed by atoms with Crippen LogP contribution in [0.3, 0.4) is 0 Å². The minimum Gasteiger partial charge on any atom is -0.494 e. The van der Waals surface area contributed by atoms with Crippen LogP contribution in [-0.4, -0.2) is 26.0 Å². The molecule has 0 fully saturated rings. The van der Waals surface area contributed by atoms with Gasteiger partial charge in [-0.2, -0.15) is 0 Å². The first kappa shape index (κ1) is 19.1. The molecule has 7 nitrogen and oxygen atoms in total. The quantitative estimate of drug-likeness (QED) is 0.500. The molecule has 0 saturated heterocycles. The van der Waals surface area contributed by atoms with Gasteiger partial charge in [-0.25, -0.2) is 4.79 Å². The van der Waals surface area contributed by atoms with E-state index in [2.05, 4.69) is 0 Å². The second-order valence-corrected chi connectivity index (χ2v) is 5.12. The smallest absolute Gasteiger partial charge is 0.336 e. The number of benzene rings is 2. The maximum absolute atomic E-state index is 11.8. The molecule has 0 spiro atoms. The predicted molar refractivity (Wildman–Crippen MR) is 95.5 cm³/mol. The van der Waals surface area contributed by atoms with Gasteiger partial charge in [0.15, 0.2) is 5.75 Å². The predicted octanol–water partition coefficient (Wildman–Crippen LogP) is 3.58. The van der Waals surface area contributed by atoms with E-state index in [9.17, 15) is 9.59 Å². The number of carbonyl (C=O) groups excluding carboxylic acids is 2. The van der Waals surface area contributed by atoms with Crippen molar-refractivity contribution in [1.29, 1.82) is 0 Å². The maximum atomic E-state index is 11.8. The van der Waals surface area contributed by atoms with Crippen molar-refractivity contribution in [3.05, 3.63) is 48.0 Å². The van der Waals surface area contributed by atoms with Crippen LogP contribution >= 0.6 is 0 Å². The van der Waals surface area contributed by atoms with Crippen molar-refractivity contribution in [2.45, 2.75) is 20.3 Å². The van der Waals surface area contributed by atoms with Crippen molar-refractivity contribution >= 4 is 17.9 Å². The molecule has 26 heavy (non-hydrogen) atoms. The summed E-state index contributed by atoms with van der Waals surface area (Å²) in [6, 6.07) is 11.5. The normalized spacial score (nSPS) is 9.96. The molecule has 0 saturated carbocycles. The molecule has 0 atom stereocenters. The van der Waals surface area contributed by atoms with E-state index in [-0.39, 0.29) is 12.2 Å². The minimum absolute atomic E-state index is 0.179. The summed E-state index contributed by atoms with van der Waals surface area (Å²) in [5, 5.41) is 1.000. The Morgan fingerprint density at radius 1 is 1.08 bits per heavy atom. The first-order valence-electron chi connectivity index (χ1n) is 8.16. The Hall–Kier alpha value is -3.22. The lowest BCUT2D eigenvalue weighted by Gasteiger charge is -2.23. The third-order valence-electron chi connectivity index (χ3n) is 3.34. The number of methoxy groups -OCH3 is 1. The Bertz CT molecular complexity index is 744. The standard InChI is InChI=1S/C19H21NO6/c1-4-19(22)26-20(15-7-9-16(10-8-15)24-5-2)25-17-11-6-14(13-21)12-18(17)23-3/h6-13H,4-5H2,1-3H3. The van der Waals surface area contributed by atoms with Crippen molar-refractivity contribution in [2.24, 2.45) is 0 Å². The first-order valence-corrected chi connectivity index (χ1v) is 8.16. The summed E-state index contributed by atoms with van der Waals surface area (Å²) in [7, 11) is 1.45. The highest BCUT2D eigenvalue weighted by Gasteiger charge is 2.17. The van der Waals surface area contributed by atoms with Gasteiger partial charge in [0, 0.05) is 12.0 Å². The second kappa shape index (κ2) is 9.31. The second-order valence-electron chi connectivity index (χ2n) is 5.12. The fourth-order valence-corrected chi connectivity index (χ4v) is 2.03. The summed E-state index contributed by atoms with van der Waals surface area (Å²) in [6.07, 6.45) is 0.881. The molecule has 2 rings (SSSR count). The number of aldehydes is 1. The molecule has 0 aliphatic rings. The SMILES string of the molecule is CCOc1ccc(N(OC(=O)CC)Oc2ccc(C=O)cc2OC)cc1. The highest BCUT2D eigenvalue weighted by Crippen LogP contribution is 2.30. The molecule has 0 amide bonds. The van der Waals surface area contributed by atoms with Gasteiger partial charge in [0.1, 0.15) is 17.7 Å². The Kier molecular flexibility index (Phi) is 6.84. The van der Waals surface area contributed by atoms with Crippen LogP contribution in [0.5, 0.6) is 17.2 Å². The van der Waals surface area contributed by atoms with E-state index in [1.807, 2.05) is 6.92 Å². The maximum Gasteiger partial charge on any atom is 0.336 e. The summed E-state index contributed by atoms with van der Waals surface area (Å²) >= 11 is 0. The highest BCUT2D eigenvalue weighted by molar-refractivity contribution is 5.76. The molecule has 138 valence electrons. The van der Waals surface area contributed by atoms with Gasteiger partial charge < -0.3 is 19.1 Å². The average molecular weight is 359 g/mol. The van der Waals surface area contributed by atoms with E-state index < -0.39 is 5.97 Å². The number of nitrogens with zero attached hydrogens (tertiary/aromatic N) is 1. The Labute approximate surface area is 151 Å². The van der Waals surface area contributed by atoms with E-state index in [1.165, 1.54) is 13.2 Å². The zero-order valence-corrected chi connectivity index (χ0v) is 14.9. The number of hydrogen-bond acceptors (Lipinski definition) is 7. The van der Waals surface area contributed by atoms with E-state index in [0.717, 1.165) is 5.23 Å². The summed E-state index contributed by atoms with van der Waals surface area (Å²) in [5.41, 5.74) is 0.921. The summed E-state index contributed by atoms with van der Waals surface area (Å²) in [4.78, 5) is 33.6. The largest absolute Gasteiger partial charge is 0.494 e. The van der Waals surface area contributed by atoms with E-state index >= 15 is 0 Å². The summed E-state index contributed by atoms with van der Waals surface area (Å²) < 4.78 is 10.6. The molecular formula is C19H21NO6. The number of carbonyl (C=O) groups is 2. The van der Waals surface area contributed by atoms with Crippen molar-refractivity contribution in [2.75, 3.05) is 18.9 Å². The molecule has 0 bridgehead atoms. The minimum atomic E-state index is -0.470. The van der Waals surface area contributed by atoms with Gasteiger partial charge in [0.2, 0.25) is 5.75 Å². The monoisotopic (exact) mass is 359 g/mol. The lowest BCUT2D eigenvalue weighted by molar-refractivity contribution is -0.154. The van der Waals surface area contributed by atoms with E-state index in [4.69, 9.17) is 19.1 Å². The van der Waals surface area contributed by atoms with Gasteiger partial charge >= 0.3 is 5.97 Å². The molecule has 7 heteroatoms. The van der Waals surface area contributed by atoms with Crippen LogP contribution in [0.15, 0.2) is 42.5 Å². The molecule has 0 radical (unpaired) electrons. The number of hydrogen-bond donors (Lipinski definition) is 0. The summed E-state index contributed by atoms with van der Waals surface area (Å²) in [5.74, 6) is 0.835. The molecule has 0 aliphatic heterocycles. The summed E-state index contributed by atoms with van der Waals surface area (Å²) in [6.45, 7) is 4.12. The zero-order valence-electron chi connectivity index (χ0n) is 14.9. The van der Waals surface area contributed by atoms with Crippen LogP contribution in [0.25, 0.3) is 0 Å². The lowest BCUT2D eigenvalue weighted by atomic mass is 10.2. The van der Waals surface area contributed by atoms with Crippen LogP contribution in [0.2, 0.25) is 0 Å². The molecular weight excluding hydrogens is 338 g/mol. The van der Waals surface area contributed by atoms with Crippen molar-refractivity contribution in [3.8, 4) is 17.2 Å². The molecule has 0 unspecified atom stereocenters. The lowest BCUT2D eigenvalue weighted by Crippen LogP contribution is -2.30. The van der Waals surface area contributed by atoms with Gasteiger partial charge in [-0.15, -0.1) is 0 Å². The van der Waals surface area contributed by atoms with Crippen molar-refractivity contribution in [3.63, 3.8) is 0 Å². The van der Waals surface area contributed by atoms with Gasteiger partial charge in [-0.05, 0) is 54.6 Å². The molecule has 0 heterocycles. The van der Waals surface area contributed by atoms with Crippen LogP contribution in [0.1, 0.15) is 30.6 Å². The molecule has 0 aliphatic carbocycles. The highest BCUT2D eigenvalue weighted by atomic mass is 17.0. The molecule has 0 N–H and O–H groups in total. The Balaban J connectivity index is 2.30. The fraction of sp³-hybridized carbons (Fsp3) is 0.263. The fourth-order valence-electron chi connectivity index (χ4n) is 2.03. The number of ether oxygens (including phenoxy) is 2. The van der Waals surface area contributed by atoms with Gasteiger partial charge in [-0.1, -0.05) is 6.92 Å². The molecule has 0 aromatic heterocycles. The van der Waals surface area contributed by atoms with Gasteiger partial charge in [-0.3, -0.25) is 4.79 Å². The molecule has 2 aromatic carbocycles. The topological polar surface area (TPSA) is 74.3 Å².